The molecule has 2 N–H and O–H groups in total. The molecule has 1 aliphatic carbocycles. The second-order valence-electron chi connectivity index (χ2n) is 6.64. The molecule has 2 atom stereocenters. The first-order chi connectivity index (χ1) is 9.11. The minimum Gasteiger partial charge on any atom is -0.394 e. The van der Waals surface area contributed by atoms with Crippen LogP contribution in [0, 0.1) is 0 Å². The topological polar surface area (TPSA) is 44.7 Å². The molecule has 4 nitrogen and oxygen atoms in total. The Morgan fingerprint density at radius 3 is 2.74 bits per heavy atom. The molecule has 2 fully saturated rings. The Hall–Kier alpha value is -0.160. The molecule has 1 saturated heterocycles. The third-order valence-corrected chi connectivity index (χ3v) is 4.29. The number of hydrogen-bond acceptors (Lipinski definition) is 4. The molecular formula is C15H30N2O2. The summed E-state index contributed by atoms with van der Waals surface area (Å²) in [5, 5.41) is 13.1. The van der Waals surface area contributed by atoms with Gasteiger partial charge in [-0.25, -0.2) is 0 Å². The fourth-order valence-electron chi connectivity index (χ4n) is 2.88. The zero-order valence-electron chi connectivity index (χ0n) is 12.5. The first-order valence-electron chi connectivity index (χ1n) is 7.80. The number of nitrogens with zero attached hydrogens (tertiary/aromatic N) is 1. The van der Waals surface area contributed by atoms with Gasteiger partial charge in [0, 0.05) is 24.7 Å². The molecule has 112 valence electrons. The summed E-state index contributed by atoms with van der Waals surface area (Å²) in [5.41, 5.74) is -0.0914. The van der Waals surface area contributed by atoms with Gasteiger partial charge in [0.2, 0.25) is 0 Å². The summed E-state index contributed by atoms with van der Waals surface area (Å²) in [7, 11) is 2.17. The lowest BCUT2D eigenvalue weighted by Gasteiger charge is -2.30. The zero-order valence-corrected chi connectivity index (χ0v) is 12.5. The Morgan fingerprint density at radius 2 is 2.16 bits per heavy atom. The van der Waals surface area contributed by atoms with E-state index in [4.69, 9.17) is 4.74 Å². The summed E-state index contributed by atoms with van der Waals surface area (Å²) < 4.78 is 5.66. The van der Waals surface area contributed by atoms with Crippen LogP contribution in [0.3, 0.4) is 0 Å². The van der Waals surface area contributed by atoms with Gasteiger partial charge in [-0.1, -0.05) is 0 Å². The first-order valence-corrected chi connectivity index (χ1v) is 7.80. The quantitative estimate of drug-likeness (QED) is 0.664. The SMILES string of the molecule is CN(CCCC(C)(CO)NC1CC1)CC1CCCO1. The second kappa shape index (κ2) is 7.02. The minimum absolute atomic E-state index is 0.0914. The lowest BCUT2D eigenvalue weighted by atomic mass is 9.96. The van der Waals surface area contributed by atoms with E-state index in [0.29, 0.717) is 12.1 Å². The maximum absolute atomic E-state index is 9.56. The van der Waals surface area contributed by atoms with E-state index in [1.54, 1.807) is 0 Å². The van der Waals surface area contributed by atoms with Crippen LogP contribution in [0.25, 0.3) is 0 Å². The van der Waals surface area contributed by atoms with Crippen molar-refractivity contribution in [1.82, 2.24) is 10.2 Å². The van der Waals surface area contributed by atoms with E-state index in [0.717, 1.165) is 32.5 Å². The molecule has 0 bridgehead atoms. The van der Waals surface area contributed by atoms with E-state index in [9.17, 15) is 5.11 Å². The monoisotopic (exact) mass is 270 g/mol. The Balaban J connectivity index is 1.60. The molecule has 2 aliphatic rings. The summed E-state index contributed by atoms with van der Waals surface area (Å²) in [6, 6.07) is 0.654. The molecule has 0 aromatic rings. The van der Waals surface area contributed by atoms with Gasteiger partial charge in [-0.05, 0) is 59.0 Å². The van der Waals surface area contributed by atoms with E-state index in [1.165, 1.54) is 25.7 Å². The third kappa shape index (κ3) is 5.38. The van der Waals surface area contributed by atoms with E-state index < -0.39 is 0 Å². The van der Waals surface area contributed by atoms with Crippen molar-refractivity contribution < 1.29 is 9.84 Å². The highest BCUT2D eigenvalue weighted by atomic mass is 16.5. The van der Waals surface area contributed by atoms with Crippen LogP contribution in [0.15, 0.2) is 0 Å². The van der Waals surface area contributed by atoms with Gasteiger partial charge in [0.05, 0.1) is 12.7 Å². The molecule has 0 aromatic carbocycles. The lowest BCUT2D eigenvalue weighted by molar-refractivity contribution is 0.0791. The number of rotatable bonds is 9. The molecule has 2 rings (SSSR count). The number of aliphatic hydroxyl groups excluding tert-OH is 1. The number of nitrogens with one attached hydrogen (secondary N) is 1. The lowest BCUT2D eigenvalue weighted by Crippen LogP contribution is -2.47. The molecule has 1 aliphatic heterocycles. The van der Waals surface area contributed by atoms with Crippen LogP contribution in [-0.4, -0.2) is 61.0 Å². The molecule has 4 heteroatoms. The van der Waals surface area contributed by atoms with Crippen molar-refractivity contribution in [2.75, 3.05) is 33.4 Å². The average molecular weight is 270 g/mol. The highest BCUT2D eigenvalue weighted by Gasteiger charge is 2.31. The predicted molar refractivity (Wildman–Crippen MR) is 77.4 cm³/mol. The fourth-order valence-corrected chi connectivity index (χ4v) is 2.88. The third-order valence-electron chi connectivity index (χ3n) is 4.29. The maximum atomic E-state index is 9.56. The Kier molecular flexibility index (Phi) is 5.63. The zero-order chi connectivity index (χ0) is 13.7. The van der Waals surface area contributed by atoms with Gasteiger partial charge in [-0.15, -0.1) is 0 Å². The smallest absolute Gasteiger partial charge is 0.0702 e. The Bertz CT molecular complexity index is 265. The molecule has 1 saturated carbocycles. The van der Waals surface area contributed by atoms with E-state index in [1.807, 2.05) is 0 Å². The average Bonchev–Trinajstić information content (AvgIpc) is 3.03. The fraction of sp³-hybridized carbons (Fsp3) is 1.00. The largest absolute Gasteiger partial charge is 0.394 e. The Labute approximate surface area is 117 Å². The van der Waals surface area contributed by atoms with Crippen molar-refractivity contribution >= 4 is 0 Å². The number of hydrogen-bond donors (Lipinski definition) is 2. The highest BCUT2D eigenvalue weighted by Crippen LogP contribution is 2.24. The Morgan fingerprint density at radius 1 is 1.37 bits per heavy atom. The standard InChI is InChI=1S/C15H30N2O2/c1-15(12-18,16-13-6-7-13)8-4-9-17(2)11-14-5-3-10-19-14/h13-14,16,18H,3-12H2,1-2H3. The minimum atomic E-state index is -0.0914. The van der Waals surface area contributed by atoms with E-state index in [-0.39, 0.29) is 12.1 Å². The van der Waals surface area contributed by atoms with Gasteiger partial charge in [0.15, 0.2) is 0 Å². The summed E-state index contributed by atoms with van der Waals surface area (Å²) >= 11 is 0. The van der Waals surface area contributed by atoms with Crippen molar-refractivity contribution in [2.45, 2.75) is 63.1 Å². The van der Waals surface area contributed by atoms with Gasteiger partial charge in [0.25, 0.3) is 0 Å². The van der Waals surface area contributed by atoms with Crippen molar-refractivity contribution in [3.05, 3.63) is 0 Å². The van der Waals surface area contributed by atoms with Gasteiger partial charge < -0.3 is 20.1 Å². The van der Waals surface area contributed by atoms with E-state index >= 15 is 0 Å². The molecule has 0 spiro atoms. The van der Waals surface area contributed by atoms with Crippen LogP contribution in [0.4, 0.5) is 0 Å². The van der Waals surface area contributed by atoms with Crippen LogP contribution in [0.1, 0.15) is 45.4 Å². The number of likely N-dealkylation sites (N-methyl/N-ethyl adjacent to an activating group) is 1. The van der Waals surface area contributed by atoms with E-state index in [2.05, 4.69) is 24.2 Å². The molecule has 1 heterocycles. The molecule has 19 heavy (non-hydrogen) atoms. The maximum Gasteiger partial charge on any atom is 0.0702 e. The van der Waals surface area contributed by atoms with Crippen molar-refractivity contribution in [3.8, 4) is 0 Å². The highest BCUT2D eigenvalue weighted by molar-refractivity contribution is 4.92. The van der Waals surface area contributed by atoms with Gasteiger partial charge in [-0.3, -0.25) is 0 Å². The van der Waals surface area contributed by atoms with Crippen molar-refractivity contribution in [2.24, 2.45) is 0 Å². The summed E-state index contributed by atoms with van der Waals surface area (Å²) in [6.45, 7) is 5.45. The molecule has 0 aromatic heterocycles. The van der Waals surface area contributed by atoms with Gasteiger partial charge >= 0.3 is 0 Å². The van der Waals surface area contributed by atoms with Crippen LogP contribution in [0.5, 0.6) is 0 Å². The first kappa shape index (κ1) is 15.2. The molecule has 0 amide bonds. The molecular weight excluding hydrogens is 240 g/mol. The van der Waals surface area contributed by atoms with Gasteiger partial charge in [-0.2, -0.15) is 0 Å². The van der Waals surface area contributed by atoms with Crippen molar-refractivity contribution in [1.29, 1.82) is 0 Å². The number of ether oxygens (including phenoxy) is 1. The predicted octanol–water partition coefficient (Wildman–Crippen LogP) is 1.38. The summed E-state index contributed by atoms with van der Waals surface area (Å²) in [5.74, 6) is 0. The molecule has 2 unspecified atom stereocenters. The molecule has 0 radical (unpaired) electrons. The van der Waals surface area contributed by atoms with Crippen molar-refractivity contribution in [3.63, 3.8) is 0 Å². The van der Waals surface area contributed by atoms with Gasteiger partial charge in [0.1, 0.15) is 0 Å². The van der Waals surface area contributed by atoms with Crippen LogP contribution in [0.2, 0.25) is 0 Å². The second-order valence-corrected chi connectivity index (χ2v) is 6.64. The van der Waals surface area contributed by atoms with Crippen LogP contribution < -0.4 is 5.32 Å². The normalized spacial score (nSPS) is 26.8. The summed E-state index contributed by atoms with van der Waals surface area (Å²) in [4.78, 5) is 2.37. The van der Waals surface area contributed by atoms with Crippen LogP contribution in [-0.2, 0) is 4.74 Å². The number of aliphatic hydroxyl groups is 1. The van der Waals surface area contributed by atoms with Crippen LogP contribution >= 0.6 is 0 Å². The summed E-state index contributed by atoms with van der Waals surface area (Å²) in [6.07, 6.45) is 7.58.